The molecule has 0 saturated carbocycles. The zero-order chi connectivity index (χ0) is 14.7. The second-order valence-corrected chi connectivity index (χ2v) is 6.70. The van der Waals surface area contributed by atoms with E-state index in [1.807, 2.05) is 27.7 Å². The molecule has 1 saturated heterocycles. The lowest BCUT2D eigenvalue weighted by molar-refractivity contribution is -0.0237. The molecule has 5 nitrogen and oxygen atoms in total. The van der Waals surface area contributed by atoms with Gasteiger partial charge in [-0.25, -0.2) is 4.79 Å². The van der Waals surface area contributed by atoms with Crippen LogP contribution in [0, 0.1) is 5.41 Å². The van der Waals surface area contributed by atoms with Crippen LogP contribution >= 0.6 is 0 Å². The maximum Gasteiger partial charge on any atom is 0.410 e. The highest BCUT2D eigenvalue weighted by molar-refractivity contribution is 5.68. The molecule has 0 spiro atoms. The van der Waals surface area contributed by atoms with Crippen molar-refractivity contribution in [1.82, 2.24) is 4.90 Å². The SMILES string of the molecule is CC(C)(C)OC(=O)N1CCCCC1C(C)(CN)CO. The molecule has 1 rings (SSSR count). The van der Waals surface area contributed by atoms with Gasteiger partial charge in [0.15, 0.2) is 0 Å². The number of nitrogens with two attached hydrogens (primary N) is 1. The van der Waals surface area contributed by atoms with E-state index in [0.29, 0.717) is 13.1 Å². The number of aliphatic hydroxyl groups is 1. The Bertz CT molecular complexity index is 308. The Kier molecular flexibility index (Phi) is 5.21. The number of amides is 1. The molecule has 3 N–H and O–H groups in total. The largest absolute Gasteiger partial charge is 0.444 e. The molecule has 1 heterocycles. The van der Waals surface area contributed by atoms with Crippen LogP contribution in [0.2, 0.25) is 0 Å². The van der Waals surface area contributed by atoms with Gasteiger partial charge in [-0.05, 0) is 40.0 Å². The van der Waals surface area contributed by atoms with Gasteiger partial charge < -0.3 is 20.5 Å². The number of hydrogen-bond donors (Lipinski definition) is 2. The Morgan fingerprint density at radius 1 is 1.37 bits per heavy atom. The minimum Gasteiger partial charge on any atom is -0.444 e. The molecule has 1 fully saturated rings. The highest BCUT2D eigenvalue weighted by atomic mass is 16.6. The molecule has 1 aliphatic rings. The van der Waals surface area contributed by atoms with Crippen molar-refractivity contribution in [2.45, 2.75) is 58.6 Å². The van der Waals surface area contributed by atoms with Gasteiger partial charge in [0.1, 0.15) is 5.60 Å². The summed E-state index contributed by atoms with van der Waals surface area (Å²) in [5.41, 5.74) is 4.84. The van der Waals surface area contributed by atoms with E-state index in [1.165, 1.54) is 0 Å². The van der Waals surface area contributed by atoms with Crippen molar-refractivity contribution in [3.05, 3.63) is 0 Å². The quantitative estimate of drug-likeness (QED) is 0.820. The van der Waals surface area contributed by atoms with Crippen LogP contribution in [0.4, 0.5) is 4.79 Å². The minimum atomic E-state index is -0.503. The van der Waals surface area contributed by atoms with Crippen LogP contribution in [0.25, 0.3) is 0 Å². The summed E-state index contributed by atoms with van der Waals surface area (Å²) in [5, 5.41) is 9.61. The zero-order valence-electron chi connectivity index (χ0n) is 12.6. The molecule has 0 aromatic rings. The molecular weight excluding hydrogens is 244 g/mol. The third kappa shape index (κ3) is 4.08. The molecular formula is C14H28N2O3. The first kappa shape index (κ1) is 16.2. The summed E-state index contributed by atoms with van der Waals surface area (Å²) in [6, 6.07) is -0.0499. The second-order valence-electron chi connectivity index (χ2n) is 6.70. The van der Waals surface area contributed by atoms with Crippen LogP contribution in [0.3, 0.4) is 0 Å². The van der Waals surface area contributed by atoms with Crippen LogP contribution in [-0.2, 0) is 4.74 Å². The number of nitrogens with zero attached hydrogens (tertiary/aromatic N) is 1. The van der Waals surface area contributed by atoms with Crippen molar-refractivity contribution in [2.24, 2.45) is 11.1 Å². The van der Waals surface area contributed by atoms with Crippen LogP contribution in [-0.4, -0.2) is 47.4 Å². The molecule has 112 valence electrons. The fourth-order valence-corrected chi connectivity index (χ4v) is 2.50. The van der Waals surface area contributed by atoms with E-state index in [1.54, 1.807) is 4.90 Å². The molecule has 0 aliphatic carbocycles. The smallest absolute Gasteiger partial charge is 0.410 e. The van der Waals surface area contributed by atoms with Gasteiger partial charge in [0, 0.05) is 24.5 Å². The second kappa shape index (κ2) is 6.09. The first-order valence-corrected chi connectivity index (χ1v) is 7.04. The number of likely N-dealkylation sites (tertiary alicyclic amines) is 1. The maximum absolute atomic E-state index is 12.3. The predicted molar refractivity (Wildman–Crippen MR) is 74.8 cm³/mol. The summed E-state index contributed by atoms with van der Waals surface area (Å²) in [6.45, 7) is 8.52. The lowest BCUT2D eigenvalue weighted by atomic mass is 9.78. The summed E-state index contributed by atoms with van der Waals surface area (Å²) in [4.78, 5) is 14.0. The van der Waals surface area contributed by atoms with Crippen molar-refractivity contribution in [1.29, 1.82) is 0 Å². The Balaban J connectivity index is 2.86. The zero-order valence-corrected chi connectivity index (χ0v) is 12.6. The number of piperidine rings is 1. The molecule has 2 unspecified atom stereocenters. The average molecular weight is 272 g/mol. The summed E-state index contributed by atoms with van der Waals surface area (Å²) < 4.78 is 5.46. The maximum atomic E-state index is 12.3. The summed E-state index contributed by atoms with van der Waals surface area (Å²) in [7, 11) is 0. The highest BCUT2D eigenvalue weighted by Crippen LogP contribution is 2.32. The summed E-state index contributed by atoms with van der Waals surface area (Å²) in [5.74, 6) is 0. The van der Waals surface area contributed by atoms with Crippen LogP contribution < -0.4 is 5.73 Å². The fraction of sp³-hybridized carbons (Fsp3) is 0.929. The van der Waals surface area contributed by atoms with Gasteiger partial charge in [-0.2, -0.15) is 0 Å². The van der Waals surface area contributed by atoms with E-state index in [2.05, 4.69) is 0 Å². The molecule has 1 amide bonds. The number of rotatable bonds is 3. The van der Waals surface area contributed by atoms with Crippen molar-refractivity contribution >= 4 is 6.09 Å². The van der Waals surface area contributed by atoms with E-state index in [-0.39, 0.29) is 18.7 Å². The molecule has 0 aromatic heterocycles. The number of carbonyl (C=O) groups excluding carboxylic acids is 1. The van der Waals surface area contributed by atoms with Gasteiger partial charge >= 0.3 is 6.09 Å². The Hall–Kier alpha value is -0.810. The molecule has 5 heteroatoms. The van der Waals surface area contributed by atoms with E-state index in [0.717, 1.165) is 19.3 Å². The predicted octanol–water partition coefficient (Wildman–Crippen LogP) is 1.73. The topological polar surface area (TPSA) is 75.8 Å². The fourth-order valence-electron chi connectivity index (χ4n) is 2.50. The highest BCUT2D eigenvalue weighted by Gasteiger charge is 2.41. The Labute approximate surface area is 116 Å². The van der Waals surface area contributed by atoms with Gasteiger partial charge in [-0.15, -0.1) is 0 Å². The minimum absolute atomic E-state index is 0.0204. The molecule has 1 aliphatic heterocycles. The lowest BCUT2D eigenvalue weighted by Crippen LogP contribution is -2.56. The first-order valence-electron chi connectivity index (χ1n) is 7.04. The van der Waals surface area contributed by atoms with Crippen molar-refractivity contribution < 1.29 is 14.6 Å². The third-order valence-electron chi connectivity index (χ3n) is 3.76. The molecule has 0 aromatic carbocycles. The van der Waals surface area contributed by atoms with Gasteiger partial charge in [-0.1, -0.05) is 6.92 Å². The third-order valence-corrected chi connectivity index (χ3v) is 3.76. The van der Waals surface area contributed by atoms with Crippen molar-refractivity contribution in [3.8, 4) is 0 Å². The lowest BCUT2D eigenvalue weighted by Gasteiger charge is -2.45. The summed E-state index contributed by atoms with van der Waals surface area (Å²) >= 11 is 0. The van der Waals surface area contributed by atoms with E-state index in [9.17, 15) is 9.90 Å². The van der Waals surface area contributed by atoms with Gasteiger partial charge in [0.2, 0.25) is 0 Å². The van der Waals surface area contributed by atoms with E-state index >= 15 is 0 Å². The molecule has 2 atom stereocenters. The normalized spacial score (nSPS) is 23.9. The van der Waals surface area contributed by atoms with Crippen LogP contribution in [0.1, 0.15) is 47.0 Å². The van der Waals surface area contributed by atoms with E-state index < -0.39 is 11.0 Å². The van der Waals surface area contributed by atoms with Gasteiger partial charge in [0.25, 0.3) is 0 Å². The molecule has 0 radical (unpaired) electrons. The average Bonchev–Trinajstić information content (AvgIpc) is 2.36. The van der Waals surface area contributed by atoms with Gasteiger partial charge in [0.05, 0.1) is 6.61 Å². The van der Waals surface area contributed by atoms with Crippen LogP contribution in [0.5, 0.6) is 0 Å². The first-order chi connectivity index (χ1) is 8.73. The summed E-state index contributed by atoms with van der Waals surface area (Å²) in [6.07, 6.45) is 2.60. The van der Waals surface area contributed by atoms with Crippen LogP contribution in [0.15, 0.2) is 0 Å². The molecule has 0 bridgehead atoms. The Morgan fingerprint density at radius 2 is 2.00 bits per heavy atom. The van der Waals surface area contributed by atoms with Crippen molar-refractivity contribution in [3.63, 3.8) is 0 Å². The number of aliphatic hydroxyl groups excluding tert-OH is 1. The Morgan fingerprint density at radius 3 is 2.47 bits per heavy atom. The number of ether oxygens (including phenoxy) is 1. The monoisotopic (exact) mass is 272 g/mol. The van der Waals surface area contributed by atoms with E-state index in [4.69, 9.17) is 10.5 Å². The van der Waals surface area contributed by atoms with Crippen molar-refractivity contribution in [2.75, 3.05) is 19.7 Å². The molecule has 19 heavy (non-hydrogen) atoms. The van der Waals surface area contributed by atoms with Gasteiger partial charge in [-0.3, -0.25) is 0 Å². The number of hydrogen-bond acceptors (Lipinski definition) is 4. The standard InChI is InChI=1S/C14H28N2O3/c1-13(2,3)19-12(18)16-8-6-5-7-11(16)14(4,9-15)10-17/h11,17H,5-10,15H2,1-4H3. The number of carbonyl (C=O) groups is 1.